The Morgan fingerprint density at radius 3 is 2.67 bits per heavy atom. The molecular formula is C11H8ClF2N. The van der Waals surface area contributed by atoms with Crippen LogP contribution in [0.15, 0.2) is 24.3 Å². The lowest BCUT2D eigenvalue weighted by Gasteiger charge is -2.05. The first-order valence-corrected chi connectivity index (χ1v) is 4.80. The zero-order valence-electron chi connectivity index (χ0n) is 7.97. The minimum atomic E-state index is -2.59. The molecule has 1 aromatic heterocycles. The van der Waals surface area contributed by atoms with Gasteiger partial charge in [0, 0.05) is 5.39 Å². The molecule has 0 fully saturated rings. The summed E-state index contributed by atoms with van der Waals surface area (Å²) in [4.78, 5) is 3.92. The third-order valence-electron chi connectivity index (χ3n) is 2.19. The van der Waals surface area contributed by atoms with Gasteiger partial charge < -0.3 is 0 Å². The van der Waals surface area contributed by atoms with Crippen molar-refractivity contribution in [2.24, 2.45) is 0 Å². The summed E-state index contributed by atoms with van der Waals surface area (Å²) < 4.78 is 25.1. The van der Waals surface area contributed by atoms with Crippen LogP contribution < -0.4 is 0 Å². The van der Waals surface area contributed by atoms with Crippen LogP contribution in [-0.4, -0.2) is 4.98 Å². The molecule has 4 heteroatoms. The van der Waals surface area contributed by atoms with Crippen molar-refractivity contribution in [1.29, 1.82) is 0 Å². The number of rotatable bonds is 1. The minimum Gasteiger partial charge on any atom is -0.236 e. The summed E-state index contributed by atoms with van der Waals surface area (Å²) in [5.74, 6) is 0. The fourth-order valence-electron chi connectivity index (χ4n) is 1.44. The number of aryl methyl sites for hydroxylation is 1. The first kappa shape index (κ1) is 10.3. The molecule has 0 amide bonds. The highest BCUT2D eigenvalue weighted by Gasteiger charge is 2.13. The van der Waals surface area contributed by atoms with Crippen LogP contribution in [0.4, 0.5) is 8.78 Å². The lowest BCUT2D eigenvalue weighted by atomic mass is 10.1. The number of alkyl halides is 2. The molecule has 0 bridgehead atoms. The van der Waals surface area contributed by atoms with Crippen molar-refractivity contribution < 1.29 is 8.78 Å². The van der Waals surface area contributed by atoms with Crippen molar-refractivity contribution in [1.82, 2.24) is 4.98 Å². The van der Waals surface area contributed by atoms with Crippen LogP contribution in [0.1, 0.15) is 17.6 Å². The highest BCUT2D eigenvalue weighted by atomic mass is 35.5. The number of fused-ring (bicyclic) bond motifs is 1. The van der Waals surface area contributed by atoms with E-state index < -0.39 is 6.43 Å². The molecule has 0 saturated heterocycles. The van der Waals surface area contributed by atoms with E-state index in [1.54, 1.807) is 6.07 Å². The lowest BCUT2D eigenvalue weighted by molar-refractivity contribution is 0.151. The number of hydrogen-bond donors (Lipinski definition) is 0. The summed E-state index contributed by atoms with van der Waals surface area (Å²) in [6, 6.07) is 6.84. The molecule has 0 radical (unpaired) electrons. The number of nitrogens with zero attached hydrogens (tertiary/aromatic N) is 1. The number of benzene rings is 1. The molecule has 78 valence electrons. The molecule has 2 aromatic rings. The molecule has 1 nitrogen and oxygen atoms in total. The summed E-state index contributed by atoms with van der Waals surface area (Å²) in [5.41, 5.74) is 1.43. The molecule has 0 atom stereocenters. The van der Waals surface area contributed by atoms with Crippen molar-refractivity contribution in [3.63, 3.8) is 0 Å². The predicted octanol–water partition coefficient (Wildman–Crippen LogP) is 4.13. The van der Waals surface area contributed by atoms with E-state index in [1.807, 2.05) is 19.1 Å². The Kier molecular flexibility index (Phi) is 2.57. The second-order valence-corrected chi connectivity index (χ2v) is 3.72. The zero-order valence-corrected chi connectivity index (χ0v) is 8.72. The second kappa shape index (κ2) is 3.74. The zero-order chi connectivity index (χ0) is 11.0. The van der Waals surface area contributed by atoms with E-state index in [2.05, 4.69) is 4.98 Å². The minimum absolute atomic E-state index is 0.124. The van der Waals surface area contributed by atoms with Crippen LogP contribution in [0, 0.1) is 6.92 Å². The van der Waals surface area contributed by atoms with E-state index in [4.69, 9.17) is 11.6 Å². The lowest BCUT2D eigenvalue weighted by Crippen LogP contribution is -1.90. The highest BCUT2D eigenvalue weighted by molar-refractivity contribution is 6.30. The molecule has 0 N–H and O–H groups in total. The van der Waals surface area contributed by atoms with Gasteiger partial charge in [0.25, 0.3) is 6.43 Å². The van der Waals surface area contributed by atoms with Crippen molar-refractivity contribution in [3.8, 4) is 0 Å². The molecule has 0 aliphatic rings. The highest BCUT2D eigenvalue weighted by Crippen LogP contribution is 2.28. The average molecular weight is 228 g/mol. The topological polar surface area (TPSA) is 12.9 Å². The Balaban J connectivity index is 2.72. The molecule has 1 heterocycles. The summed E-state index contributed by atoms with van der Waals surface area (Å²) in [6.45, 7) is 1.90. The first-order chi connectivity index (χ1) is 7.08. The summed E-state index contributed by atoms with van der Waals surface area (Å²) in [6.07, 6.45) is -2.59. The van der Waals surface area contributed by atoms with Gasteiger partial charge in [-0.3, -0.25) is 0 Å². The van der Waals surface area contributed by atoms with E-state index in [9.17, 15) is 8.78 Å². The molecule has 0 aliphatic carbocycles. The van der Waals surface area contributed by atoms with E-state index in [0.29, 0.717) is 10.9 Å². The molecule has 0 spiro atoms. The Morgan fingerprint density at radius 1 is 1.27 bits per heavy atom. The van der Waals surface area contributed by atoms with Crippen LogP contribution in [0.25, 0.3) is 10.9 Å². The van der Waals surface area contributed by atoms with Gasteiger partial charge >= 0.3 is 0 Å². The largest absolute Gasteiger partial charge is 0.266 e. The summed E-state index contributed by atoms with van der Waals surface area (Å²) >= 11 is 5.65. The molecule has 0 saturated carbocycles. The van der Waals surface area contributed by atoms with Crippen LogP contribution in [-0.2, 0) is 0 Å². The maximum Gasteiger partial charge on any atom is 0.266 e. The van der Waals surface area contributed by atoms with Gasteiger partial charge in [-0.25, -0.2) is 13.8 Å². The molecule has 0 unspecified atom stereocenters. The van der Waals surface area contributed by atoms with Crippen LogP contribution in [0.5, 0.6) is 0 Å². The molecule has 2 rings (SSSR count). The monoisotopic (exact) mass is 227 g/mol. The normalized spacial score (nSPS) is 11.3. The second-order valence-electron chi connectivity index (χ2n) is 3.37. The van der Waals surface area contributed by atoms with Gasteiger partial charge in [-0.2, -0.15) is 0 Å². The summed E-state index contributed by atoms with van der Waals surface area (Å²) in [5, 5.41) is 0.566. The molecule has 1 aromatic carbocycles. The van der Waals surface area contributed by atoms with E-state index in [0.717, 1.165) is 5.56 Å². The van der Waals surface area contributed by atoms with Gasteiger partial charge in [0.05, 0.1) is 11.1 Å². The Labute approximate surface area is 90.7 Å². The number of hydrogen-bond acceptors (Lipinski definition) is 1. The van der Waals surface area contributed by atoms with Gasteiger partial charge in [0.15, 0.2) is 0 Å². The molecule has 15 heavy (non-hydrogen) atoms. The number of pyridine rings is 1. The fraction of sp³-hybridized carbons (Fsp3) is 0.182. The van der Waals surface area contributed by atoms with Gasteiger partial charge in [0.2, 0.25) is 0 Å². The van der Waals surface area contributed by atoms with Crippen LogP contribution >= 0.6 is 11.6 Å². The van der Waals surface area contributed by atoms with Crippen LogP contribution in [0.3, 0.4) is 0 Å². The van der Waals surface area contributed by atoms with Gasteiger partial charge in [-0.15, -0.1) is 0 Å². The fourth-order valence-corrected chi connectivity index (χ4v) is 1.67. The van der Waals surface area contributed by atoms with E-state index in [1.165, 1.54) is 6.07 Å². The molecule has 0 aliphatic heterocycles. The standard InChI is InChI=1S/C11H8ClF2N/c1-6-2-3-9-7(4-6)5-8(11(13)14)10(12)15-9/h2-5,11H,1H3. The third kappa shape index (κ3) is 1.92. The average Bonchev–Trinajstić information content (AvgIpc) is 2.17. The van der Waals surface area contributed by atoms with Crippen molar-refractivity contribution >= 4 is 22.5 Å². The van der Waals surface area contributed by atoms with Crippen molar-refractivity contribution in [2.45, 2.75) is 13.3 Å². The van der Waals surface area contributed by atoms with Crippen molar-refractivity contribution in [3.05, 3.63) is 40.5 Å². The van der Waals surface area contributed by atoms with Crippen LogP contribution in [0.2, 0.25) is 5.15 Å². The molecular weight excluding hydrogens is 220 g/mol. The predicted molar refractivity (Wildman–Crippen MR) is 56.4 cm³/mol. The number of aromatic nitrogens is 1. The van der Waals surface area contributed by atoms with Crippen molar-refractivity contribution in [2.75, 3.05) is 0 Å². The SMILES string of the molecule is Cc1ccc2nc(Cl)c(C(F)F)cc2c1. The third-order valence-corrected chi connectivity index (χ3v) is 2.49. The summed E-state index contributed by atoms with van der Waals surface area (Å²) in [7, 11) is 0. The van der Waals surface area contributed by atoms with Gasteiger partial charge in [-0.1, -0.05) is 23.2 Å². The Bertz CT molecular complexity index is 511. The smallest absolute Gasteiger partial charge is 0.236 e. The van der Waals surface area contributed by atoms with E-state index in [-0.39, 0.29) is 10.7 Å². The quantitative estimate of drug-likeness (QED) is 0.668. The maximum absolute atomic E-state index is 12.5. The van der Waals surface area contributed by atoms with Gasteiger partial charge in [0.1, 0.15) is 5.15 Å². The Morgan fingerprint density at radius 2 is 2.00 bits per heavy atom. The van der Waals surface area contributed by atoms with E-state index >= 15 is 0 Å². The Hall–Kier alpha value is -1.22. The number of halogens is 3. The first-order valence-electron chi connectivity index (χ1n) is 4.43. The van der Waals surface area contributed by atoms with Gasteiger partial charge in [-0.05, 0) is 25.1 Å². The maximum atomic E-state index is 12.5.